The normalized spacial score (nSPS) is 18.7. The molecule has 1 amide bonds. The molecule has 1 fully saturated rings. The van der Waals surface area contributed by atoms with E-state index in [-0.39, 0.29) is 5.91 Å². The van der Waals surface area contributed by atoms with E-state index in [0.717, 1.165) is 32.5 Å². The molecule has 0 saturated carbocycles. The number of ether oxygens (including phenoxy) is 1. The second kappa shape index (κ2) is 8.14. The maximum absolute atomic E-state index is 12.6. The summed E-state index contributed by atoms with van der Waals surface area (Å²) in [5, 5.41) is 7.35. The molecule has 1 aliphatic rings. The summed E-state index contributed by atoms with van der Waals surface area (Å²) in [7, 11) is 1.59. The Labute approximate surface area is 125 Å². The molecule has 0 radical (unpaired) electrons. The summed E-state index contributed by atoms with van der Waals surface area (Å²) in [5.41, 5.74) is 0.367. The SMILES string of the molecule is CCCN(CC1CCCCN1)C(=O)c1cc(COC)on1. The molecule has 1 N–H and O–H groups in total. The van der Waals surface area contributed by atoms with Gasteiger partial charge in [-0.3, -0.25) is 4.79 Å². The van der Waals surface area contributed by atoms with Crippen LogP contribution in [0.2, 0.25) is 0 Å². The maximum Gasteiger partial charge on any atom is 0.276 e. The van der Waals surface area contributed by atoms with E-state index in [2.05, 4.69) is 17.4 Å². The molecule has 1 saturated heterocycles. The Morgan fingerprint density at radius 1 is 1.57 bits per heavy atom. The molecule has 1 aromatic heterocycles. The Kier molecular flexibility index (Phi) is 6.20. The fourth-order valence-corrected chi connectivity index (χ4v) is 2.68. The highest BCUT2D eigenvalue weighted by atomic mass is 16.5. The summed E-state index contributed by atoms with van der Waals surface area (Å²) in [6.45, 7) is 4.93. The monoisotopic (exact) mass is 295 g/mol. The van der Waals surface area contributed by atoms with E-state index in [4.69, 9.17) is 9.26 Å². The summed E-state index contributed by atoms with van der Waals surface area (Å²) in [5.74, 6) is 0.517. The van der Waals surface area contributed by atoms with E-state index in [0.29, 0.717) is 24.1 Å². The number of carbonyl (C=O) groups is 1. The number of piperidine rings is 1. The smallest absolute Gasteiger partial charge is 0.276 e. The molecule has 2 rings (SSSR count). The Hall–Kier alpha value is -1.40. The van der Waals surface area contributed by atoms with Gasteiger partial charge in [0.1, 0.15) is 6.61 Å². The van der Waals surface area contributed by atoms with Crippen molar-refractivity contribution in [2.75, 3.05) is 26.7 Å². The predicted molar refractivity (Wildman–Crippen MR) is 79.1 cm³/mol. The minimum atomic E-state index is -0.0599. The zero-order valence-corrected chi connectivity index (χ0v) is 12.9. The molecule has 21 heavy (non-hydrogen) atoms. The second-order valence-electron chi connectivity index (χ2n) is 5.51. The molecule has 118 valence electrons. The molecule has 6 heteroatoms. The van der Waals surface area contributed by atoms with E-state index in [1.807, 2.05) is 4.90 Å². The number of nitrogens with one attached hydrogen (secondary N) is 1. The maximum atomic E-state index is 12.6. The second-order valence-corrected chi connectivity index (χ2v) is 5.51. The van der Waals surface area contributed by atoms with Crippen LogP contribution in [-0.4, -0.2) is 48.7 Å². The molecule has 0 spiro atoms. The van der Waals surface area contributed by atoms with Crippen LogP contribution in [0.3, 0.4) is 0 Å². The fourth-order valence-electron chi connectivity index (χ4n) is 2.68. The van der Waals surface area contributed by atoms with Crippen molar-refractivity contribution in [2.24, 2.45) is 0 Å². The van der Waals surface area contributed by atoms with E-state index in [9.17, 15) is 4.79 Å². The van der Waals surface area contributed by atoms with E-state index in [1.165, 1.54) is 12.8 Å². The van der Waals surface area contributed by atoms with Crippen molar-refractivity contribution in [3.63, 3.8) is 0 Å². The first-order chi connectivity index (χ1) is 10.2. The quantitative estimate of drug-likeness (QED) is 0.831. The Morgan fingerprint density at radius 3 is 3.10 bits per heavy atom. The Morgan fingerprint density at radius 2 is 2.43 bits per heavy atom. The Balaban J connectivity index is 1.99. The van der Waals surface area contributed by atoms with Gasteiger partial charge in [0.25, 0.3) is 5.91 Å². The molecular weight excluding hydrogens is 270 g/mol. The first kappa shape index (κ1) is 16.0. The van der Waals surface area contributed by atoms with Crippen LogP contribution in [0.1, 0.15) is 48.9 Å². The van der Waals surface area contributed by atoms with Crippen LogP contribution in [-0.2, 0) is 11.3 Å². The summed E-state index contributed by atoms with van der Waals surface area (Å²) < 4.78 is 10.1. The number of nitrogens with zero attached hydrogens (tertiary/aromatic N) is 2. The van der Waals surface area contributed by atoms with Crippen LogP contribution in [0.25, 0.3) is 0 Å². The molecule has 6 nitrogen and oxygen atoms in total. The zero-order chi connectivity index (χ0) is 15.1. The van der Waals surface area contributed by atoms with Crippen molar-refractivity contribution < 1.29 is 14.1 Å². The van der Waals surface area contributed by atoms with Crippen molar-refractivity contribution in [3.8, 4) is 0 Å². The molecule has 1 aliphatic heterocycles. The highest BCUT2D eigenvalue weighted by Gasteiger charge is 2.23. The van der Waals surface area contributed by atoms with Crippen molar-refractivity contribution in [3.05, 3.63) is 17.5 Å². The summed E-state index contributed by atoms with van der Waals surface area (Å²) in [4.78, 5) is 14.4. The molecule has 1 aromatic rings. The van der Waals surface area contributed by atoms with Crippen molar-refractivity contribution in [1.82, 2.24) is 15.4 Å². The van der Waals surface area contributed by atoms with Crippen LogP contribution >= 0.6 is 0 Å². The highest BCUT2D eigenvalue weighted by Crippen LogP contribution is 2.12. The van der Waals surface area contributed by atoms with Gasteiger partial charge in [-0.25, -0.2) is 0 Å². The first-order valence-corrected chi connectivity index (χ1v) is 7.71. The van der Waals surface area contributed by atoms with Crippen LogP contribution < -0.4 is 5.32 Å². The number of methoxy groups -OCH3 is 1. The number of rotatable bonds is 7. The van der Waals surface area contributed by atoms with Crippen molar-refractivity contribution in [1.29, 1.82) is 0 Å². The van der Waals surface area contributed by atoms with Crippen LogP contribution in [0.15, 0.2) is 10.6 Å². The lowest BCUT2D eigenvalue weighted by atomic mass is 10.0. The highest BCUT2D eigenvalue weighted by molar-refractivity contribution is 5.92. The molecular formula is C15H25N3O3. The van der Waals surface area contributed by atoms with Gasteiger partial charge < -0.3 is 19.5 Å². The molecule has 1 atom stereocenters. The van der Waals surface area contributed by atoms with E-state index >= 15 is 0 Å². The minimum absolute atomic E-state index is 0.0599. The third kappa shape index (κ3) is 4.54. The van der Waals surface area contributed by atoms with Gasteiger partial charge in [-0.15, -0.1) is 0 Å². The largest absolute Gasteiger partial charge is 0.377 e. The molecule has 2 heterocycles. The zero-order valence-electron chi connectivity index (χ0n) is 12.9. The number of carbonyl (C=O) groups excluding carboxylic acids is 1. The average Bonchev–Trinajstić information content (AvgIpc) is 2.96. The summed E-state index contributed by atoms with van der Waals surface area (Å²) >= 11 is 0. The molecule has 0 aromatic carbocycles. The topological polar surface area (TPSA) is 67.6 Å². The third-order valence-electron chi connectivity index (χ3n) is 3.70. The Bertz CT molecular complexity index is 441. The summed E-state index contributed by atoms with van der Waals surface area (Å²) in [6.07, 6.45) is 4.51. The number of aromatic nitrogens is 1. The standard InChI is InChI=1S/C15H25N3O3/c1-3-8-18(10-12-6-4-5-7-16-12)15(19)14-9-13(11-20-2)21-17-14/h9,12,16H,3-8,10-11H2,1-2H3. The van der Waals surface area contributed by atoms with Gasteiger partial charge in [0, 0.05) is 32.3 Å². The van der Waals surface area contributed by atoms with Gasteiger partial charge >= 0.3 is 0 Å². The number of amides is 1. The van der Waals surface area contributed by atoms with Crippen molar-refractivity contribution >= 4 is 5.91 Å². The van der Waals surface area contributed by atoms with Gasteiger partial charge in [0.2, 0.25) is 0 Å². The fraction of sp³-hybridized carbons (Fsp3) is 0.733. The number of hydrogen-bond acceptors (Lipinski definition) is 5. The lowest BCUT2D eigenvalue weighted by molar-refractivity contribution is 0.0720. The molecule has 1 unspecified atom stereocenters. The lowest BCUT2D eigenvalue weighted by Crippen LogP contribution is -2.46. The first-order valence-electron chi connectivity index (χ1n) is 7.71. The van der Waals surface area contributed by atoms with Crippen LogP contribution in [0.4, 0.5) is 0 Å². The van der Waals surface area contributed by atoms with Crippen molar-refractivity contribution in [2.45, 2.75) is 45.3 Å². The minimum Gasteiger partial charge on any atom is -0.377 e. The van der Waals surface area contributed by atoms with Gasteiger partial charge in [-0.05, 0) is 25.8 Å². The van der Waals surface area contributed by atoms with Gasteiger partial charge in [-0.2, -0.15) is 0 Å². The van der Waals surface area contributed by atoms with Gasteiger partial charge in [0.15, 0.2) is 11.5 Å². The third-order valence-corrected chi connectivity index (χ3v) is 3.70. The lowest BCUT2D eigenvalue weighted by Gasteiger charge is -2.30. The van der Waals surface area contributed by atoms with Crippen LogP contribution in [0, 0.1) is 0 Å². The predicted octanol–water partition coefficient (Wildman–Crippen LogP) is 1.82. The van der Waals surface area contributed by atoms with E-state index < -0.39 is 0 Å². The van der Waals surface area contributed by atoms with E-state index in [1.54, 1.807) is 13.2 Å². The number of hydrogen-bond donors (Lipinski definition) is 1. The van der Waals surface area contributed by atoms with Crippen LogP contribution in [0.5, 0.6) is 0 Å². The summed E-state index contributed by atoms with van der Waals surface area (Å²) in [6, 6.07) is 2.06. The van der Waals surface area contributed by atoms with Gasteiger partial charge in [0.05, 0.1) is 0 Å². The average molecular weight is 295 g/mol. The molecule has 0 bridgehead atoms. The molecule has 0 aliphatic carbocycles. The van der Waals surface area contributed by atoms with Gasteiger partial charge in [-0.1, -0.05) is 18.5 Å².